The third kappa shape index (κ3) is 5.21. The van der Waals surface area contributed by atoms with E-state index in [1.165, 1.54) is 5.56 Å². The van der Waals surface area contributed by atoms with Gasteiger partial charge in [-0.2, -0.15) is 0 Å². The van der Waals surface area contributed by atoms with Gasteiger partial charge in [-0.05, 0) is 61.1 Å². The molecule has 0 spiro atoms. The molecule has 0 saturated carbocycles. The van der Waals surface area contributed by atoms with Gasteiger partial charge in [0.1, 0.15) is 5.76 Å². The van der Waals surface area contributed by atoms with Gasteiger partial charge >= 0.3 is 0 Å². The fourth-order valence-corrected chi connectivity index (χ4v) is 5.16. The van der Waals surface area contributed by atoms with Crippen LogP contribution in [0.3, 0.4) is 0 Å². The van der Waals surface area contributed by atoms with Crippen molar-refractivity contribution in [3.05, 3.63) is 88.8 Å². The van der Waals surface area contributed by atoms with Crippen LogP contribution in [0, 0.1) is 5.92 Å². The molecule has 0 radical (unpaired) electrons. The van der Waals surface area contributed by atoms with Crippen molar-refractivity contribution in [2.75, 3.05) is 13.1 Å². The first kappa shape index (κ1) is 20.9. The minimum absolute atomic E-state index is 0.0899. The second kappa shape index (κ2) is 9.63. The van der Waals surface area contributed by atoms with Gasteiger partial charge in [-0.3, -0.25) is 9.00 Å². The highest BCUT2D eigenvalue weighted by atomic mass is 35.5. The Morgan fingerprint density at radius 1 is 1.03 bits per heavy atom. The number of benzene rings is 2. The van der Waals surface area contributed by atoms with Crippen molar-refractivity contribution in [2.45, 2.75) is 29.9 Å². The lowest BCUT2D eigenvalue weighted by Gasteiger charge is -2.31. The zero-order valence-electron chi connectivity index (χ0n) is 16.6. The van der Waals surface area contributed by atoms with E-state index < -0.39 is 10.8 Å². The fraction of sp³-hybridized carbons (Fsp3) is 0.292. The molecule has 1 amide bonds. The first-order valence-electron chi connectivity index (χ1n) is 10.1. The Labute approximate surface area is 184 Å². The second-order valence-electron chi connectivity index (χ2n) is 7.64. The van der Waals surface area contributed by atoms with Crippen molar-refractivity contribution < 1.29 is 13.4 Å². The molecule has 1 fully saturated rings. The van der Waals surface area contributed by atoms with Gasteiger partial charge < -0.3 is 9.32 Å². The molecule has 1 aliphatic heterocycles. The summed E-state index contributed by atoms with van der Waals surface area (Å²) in [6, 6.07) is 20.9. The standard InChI is InChI=1S/C24H24ClNO3S/c25-20-7-4-8-22(16-20)30(28)17-21-9-10-23(29-21)24(27)26-13-11-19(12-14-26)15-18-5-2-1-3-6-18/h1-10,16,19H,11-15,17H2/t30-/m0/s1. The van der Waals surface area contributed by atoms with Crippen molar-refractivity contribution in [3.8, 4) is 0 Å². The number of carbonyl (C=O) groups is 1. The lowest BCUT2D eigenvalue weighted by Crippen LogP contribution is -2.38. The highest BCUT2D eigenvalue weighted by Crippen LogP contribution is 2.24. The third-order valence-corrected chi connectivity index (χ3v) is 7.04. The molecule has 1 saturated heterocycles. The Kier molecular flexibility index (Phi) is 6.70. The van der Waals surface area contributed by atoms with Crippen LogP contribution in [0.25, 0.3) is 0 Å². The van der Waals surface area contributed by atoms with Gasteiger partial charge in [-0.1, -0.05) is 48.0 Å². The molecule has 1 aromatic heterocycles. The zero-order valence-corrected chi connectivity index (χ0v) is 18.2. The van der Waals surface area contributed by atoms with E-state index in [4.69, 9.17) is 16.0 Å². The van der Waals surface area contributed by atoms with Crippen LogP contribution in [0.5, 0.6) is 0 Å². The van der Waals surface area contributed by atoms with Gasteiger partial charge in [0.25, 0.3) is 5.91 Å². The summed E-state index contributed by atoms with van der Waals surface area (Å²) in [5, 5.41) is 0.548. The lowest BCUT2D eigenvalue weighted by molar-refractivity contribution is 0.0657. The SMILES string of the molecule is O=C(c1ccc(C[S@](=O)c2cccc(Cl)c2)o1)N1CCC(Cc2ccccc2)CC1. The van der Waals surface area contributed by atoms with Crippen LogP contribution in [0.4, 0.5) is 0 Å². The molecule has 2 aromatic carbocycles. The predicted molar refractivity (Wildman–Crippen MR) is 119 cm³/mol. The maximum atomic E-state index is 12.8. The molecule has 0 aliphatic carbocycles. The summed E-state index contributed by atoms with van der Waals surface area (Å²) in [6.07, 6.45) is 3.04. The minimum atomic E-state index is -1.28. The monoisotopic (exact) mass is 441 g/mol. The molecule has 3 aromatic rings. The molecule has 6 heteroatoms. The third-order valence-electron chi connectivity index (χ3n) is 5.47. The van der Waals surface area contributed by atoms with E-state index in [1.54, 1.807) is 36.4 Å². The zero-order chi connectivity index (χ0) is 20.9. The van der Waals surface area contributed by atoms with E-state index in [9.17, 15) is 9.00 Å². The normalized spacial score (nSPS) is 15.8. The Bertz CT molecular complexity index is 1030. The number of hydrogen-bond acceptors (Lipinski definition) is 3. The number of rotatable bonds is 6. The van der Waals surface area contributed by atoms with Gasteiger partial charge in [0, 0.05) is 23.0 Å². The number of furan rings is 1. The van der Waals surface area contributed by atoms with Crippen molar-refractivity contribution in [1.82, 2.24) is 4.90 Å². The van der Waals surface area contributed by atoms with Crippen LogP contribution < -0.4 is 0 Å². The van der Waals surface area contributed by atoms with Crippen LogP contribution in [0.2, 0.25) is 5.02 Å². The molecular formula is C24H24ClNO3S. The highest BCUT2D eigenvalue weighted by molar-refractivity contribution is 7.84. The maximum absolute atomic E-state index is 12.8. The number of amides is 1. The number of piperidine rings is 1. The first-order valence-corrected chi connectivity index (χ1v) is 11.8. The quantitative estimate of drug-likeness (QED) is 0.519. The van der Waals surface area contributed by atoms with Gasteiger partial charge in [0.2, 0.25) is 0 Å². The molecular weight excluding hydrogens is 418 g/mol. The molecule has 4 nitrogen and oxygen atoms in total. The fourth-order valence-electron chi connectivity index (χ4n) is 3.84. The number of carbonyl (C=O) groups excluding carboxylic acids is 1. The van der Waals surface area contributed by atoms with E-state index in [0.717, 1.165) is 32.4 Å². The summed E-state index contributed by atoms with van der Waals surface area (Å²) in [4.78, 5) is 15.3. The lowest BCUT2D eigenvalue weighted by atomic mass is 9.90. The summed E-state index contributed by atoms with van der Waals surface area (Å²) in [5.41, 5.74) is 1.35. The molecule has 156 valence electrons. The van der Waals surface area contributed by atoms with Gasteiger partial charge in [0.05, 0.1) is 16.6 Å². The molecule has 0 bridgehead atoms. The van der Waals surface area contributed by atoms with Crippen LogP contribution in [-0.4, -0.2) is 28.1 Å². The smallest absolute Gasteiger partial charge is 0.289 e. The number of hydrogen-bond donors (Lipinski definition) is 0. The Hall–Kier alpha value is -2.37. The average molecular weight is 442 g/mol. The number of halogens is 1. The molecule has 1 aliphatic rings. The molecule has 2 heterocycles. The van der Waals surface area contributed by atoms with E-state index >= 15 is 0 Å². The van der Waals surface area contributed by atoms with Crippen molar-refractivity contribution in [3.63, 3.8) is 0 Å². The van der Waals surface area contributed by atoms with Crippen LogP contribution in [0.1, 0.15) is 34.7 Å². The Morgan fingerprint density at radius 2 is 1.80 bits per heavy atom. The average Bonchev–Trinajstić information content (AvgIpc) is 3.23. The molecule has 0 unspecified atom stereocenters. The van der Waals surface area contributed by atoms with Crippen LogP contribution in [-0.2, 0) is 23.0 Å². The summed E-state index contributed by atoms with van der Waals surface area (Å²) in [5.74, 6) is 1.58. The maximum Gasteiger partial charge on any atom is 0.289 e. The Balaban J connectivity index is 1.31. The van der Waals surface area contributed by atoms with Gasteiger partial charge in [-0.15, -0.1) is 0 Å². The van der Waals surface area contributed by atoms with Crippen molar-refractivity contribution in [2.24, 2.45) is 5.92 Å². The first-order chi connectivity index (χ1) is 14.6. The molecule has 4 rings (SSSR count). The van der Waals surface area contributed by atoms with E-state index in [0.29, 0.717) is 27.4 Å². The highest BCUT2D eigenvalue weighted by Gasteiger charge is 2.25. The number of nitrogens with zero attached hydrogens (tertiary/aromatic N) is 1. The van der Waals surface area contributed by atoms with E-state index in [1.807, 2.05) is 11.0 Å². The molecule has 30 heavy (non-hydrogen) atoms. The van der Waals surface area contributed by atoms with Gasteiger partial charge in [-0.25, -0.2) is 0 Å². The van der Waals surface area contributed by atoms with Crippen molar-refractivity contribution in [1.29, 1.82) is 0 Å². The summed E-state index contributed by atoms with van der Waals surface area (Å²) < 4.78 is 18.3. The summed E-state index contributed by atoms with van der Waals surface area (Å²) in [7, 11) is -1.28. The topological polar surface area (TPSA) is 50.5 Å². The molecule has 0 N–H and O–H groups in total. The van der Waals surface area contributed by atoms with Crippen LogP contribution in [0.15, 0.2) is 76.0 Å². The summed E-state index contributed by atoms with van der Waals surface area (Å²) >= 11 is 5.97. The molecule has 1 atom stereocenters. The van der Waals surface area contributed by atoms with E-state index in [2.05, 4.69) is 24.3 Å². The van der Waals surface area contributed by atoms with Crippen molar-refractivity contribution >= 4 is 28.3 Å². The Morgan fingerprint density at radius 3 is 2.53 bits per heavy atom. The van der Waals surface area contributed by atoms with E-state index in [-0.39, 0.29) is 11.7 Å². The largest absolute Gasteiger partial charge is 0.455 e. The van der Waals surface area contributed by atoms with Gasteiger partial charge in [0.15, 0.2) is 5.76 Å². The van der Waals surface area contributed by atoms with Crippen LogP contribution >= 0.6 is 11.6 Å². The number of likely N-dealkylation sites (tertiary alicyclic amines) is 1. The predicted octanol–water partition coefficient (Wildman–Crippen LogP) is 5.34. The minimum Gasteiger partial charge on any atom is -0.455 e. The summed E-state index contributed by atoms with van der Waals surface area (Å²) in [6.45, 7) is 1.47. The second-order valence-corrected chi connectivity index (χ2v) is 9.53.